The van der Waals surface area contributed by atoms with Crippen molar-refractivity contribution in [1.82, 2.24) is 14.9 Å². The van der Waals surface area contributed by atoms with Gasteiger partial charge >= 0.3 is 0 Å². The number of benzene rings is 1. The molecular formula is C18H24N6O2. The molecule has 0 N–H and O–H groups in total. The van der Waals surface area contributed by atoms with Gasteiger partial charge < -0.3 is 9.80 Å². The van der Waals surface area contributed by atoms with Gasteiger partial charge in [0.1, 0.15) is 18.0 Å². The van der Waals surface area contributed by atoms with Crippen LogP contribution in [0.2, 0.25) is 0 Å². The second-order valence-corrected chi connectivity index (χ2v) is 6.80. The van der Waals surface area contributed by atoms with Crippen LogP contribution in [0.4, 0.5) is 17.3 Å². The highest BCUT2D eigenvalue weighted by Crippen LogP contribution is 2.25. The summed E-state index contributed by atoms with van der Waals surface area (Å²) in [4.78, 5) is 25.9. The van der Waals surface area contributed by atoms with Crippen molar-refractivity contribution in [2.24, 2.45) is 0 Å². The zero-order valence-electron chi connectivity index (χ0n) is 15.4. The van der Waals surface area contributed by atoms with Crippen LogP contribution in [0.15, 0.2) is 36.7 Å². The van der Waals surface area contributed by atoms with Crippen molar-refractivity contribution >= 4 is 17.3 Å². The Kier molecular flexibility index (Phi) is 5.32. The van der Waals surface area contributed by atoms with Crippen LogP contribution in [0, 0.1) is 10.1 Å². The molecule has 1 fully saturated rings. The fourth-order valence-corrected chi connectivity index (χ4v) is 3.30. The highest BCUT2D eigenvalue weighted by atomic mass is 16.6. The minimum Gasteiger partial charge on any atom is -0.363 e. The number of hydrogen-bond acceptors (Lipinski definition) is 7. The quantitative estimate of drug-likeness (QED) is 0.580. The first-order chi connectivity index (χ1) is 12.5. The van der Waals surface area contributed by atoms with E-state index in [2.05, 4.69) is 19.8 Å². The van der Waals surface area contributed by atoms with Gasteiger partial charge in [-0.3, -0.25) is 15.0 Å². The number of anilines is 2. The molecule has 8 nitrogen and oxygen atoms in total. The molecule has 1 aliphatic rings. The van der Waals surface area contributed by atoms with Crippen LogP contribution in [0.3, 0.4) is 0 Å². The number of likely N-dealkylation sites (N-methyl/N-ethyl adjacent to an activating group) is 1. The summed E-state index contributed by atoms with van der Waals surface area (Å²) < 4.78 is 0. The Morgan fingerprint density at radius 1 is 1.23 bits per heavy atom. The zero-order valence-corrected chi connectivity index (χ0v) is 15.4. The molecule has 0 saturated carbocycles. The number of para-hydroxylation sites is 1. The lowest BCUT2D eigenvalue weighted by Crippen LogP contribution is -2.35. The van der Waals surface area contributed by atoms with Gasteiger partial charge in [0.25, 0.3) is 5.69 Å². The normalized spacial score (nSPS) is 17.3. The van der Waals surface area contributed by atoms with E-state index < -0.39 is 0 Å². The van der Waals surface area contributed by atoms with E-state index in [0.717, 1.165) is 36.7 Å². The Morgan fingerprint density at radius 3 is 2.69 bits per heavy atom. The molecule has 26 heavy (non-hydrogen) atoms. The molecule has 0 radical (unpaired) electrons. The third kappa shape index (κ3) is 3.91. The van der Waals surface area contributed by atoms with Gasteiger partial charge in [-0.15, -0.1) is 0 Å². The third-order valence-electron chi connectivity index (χ3n) is 4.84. The van der Waals surface area contributed by atoms with Gasteiger partial charge in [-0.05, 0) is 6.42 Å². The van der Waals surface area contributed by atoms with Gasteiger partial charge in [-0.1, -0.05) is 18.2 Å². The molecular weight excluding hydrogens is 332 g/mol. The largest absolute Gasteiger partial charge is 0.363 e. The SMILES string of the molecule is CN(C)c1cc(N(C)C2CCN(Cc3ccccc3[N+](=O)[O-])C2)ncn1. The summed E-state index contributed by atoms with van der Waals surface area (Å²) in [5.41, 5.74) is 0.952. The monoisotopic (exact) mass is 356 g/mol. The second kappa shape index (κ2) is 7.65. The standard InChI is InChI=1S/C18H24N6O2/c1-21(2)17-10-18(20-13-19-17)22(3)15-8-9-23(12-15)11-14-6-4-5-7-16(14)24(25)26/h4-7,10,13,15H,8-9,11-12H2,1-3H3. The lowest BCUT2D eigenvalue weighted by atomic mass is 10.1. The summed E-state index contributed by atoms with van der Waals surface area (Å²) in [7, 11) is 5.95. The van der Waals surface area contributed by atoms with E-state index in [0.29, 0.717) is 12.6 Å². The van der Waals surface area contributed by atoms with Crippen LogP contribution in [0.25, 0.3) is 0 Å². The van der Waals surface area contributed by atoms with Gasteiger partial charge in [-0.25, -0.2) is 9.97 Å². The Labute approximate surface area is 153 Å². The van der Waals surface area contributed by atoms with Gasteiger partial charge in [0.05, 0.1) is 4.92 Å². The summed E-state index contributed by atoms with van der Waals surface area (Å²) in [5, 5.41) is 11.2. The number of rotatable bonds is 6. The van der Waals surface area contributed by atoms with Crippen LogP contribution in [0.1, 0.15) is 12.0 Å². The first-order valence-electron chi connectivity index (χ1n) is 8.62. The van der Waals surface area contributed by atoms with E-state index in [1.54, 1.807) is 18.5 Å². The molecule has 3 rings (SSSR count). The van der Waals surface area contributed by atoms with Crippen LogP contribution in [-0.4, -0.2) is 60.1 Å². The van der Waals surface area contributed by atoms with Gasteiger partial charge in [0.2, 0.25) is 0 Å². The Balaban J connectivity index is 1.67. The van der Waals surface area contributed by atoms with Crippen LogP contribution in [-0.2, 0) is 6.54 Å². The molecule has 1 unspecified atom stereocenters. The van der Waals surface area contributed by atoms with Crippen molar-refractivity contribution in [3.8, 4) is 0 Å². The Hall–Kier alpha value is -2.74. The van der Waals surface area contributed by atoms with E-state index >= 15 is 0 Å². The highest BCUT2D eigenvalue weighted by molar-refractivity contribution is 5.49. The molecule has 2 heterocycles. The van der Waals surface area contributed by atoms with Gasteiger partial charge in [0, 0.05) is 64.5 Å². The summed E-state index contributed by atoms with van der Waals surface area (Å²) in [6, 6.07) is 9.26. The van der Waals surface area contributed by atoms with E-state index in [1.807, 2.05) is 44.2 Å². The number of hydrogen-bond donors (Lipinski definition) is 0. The van der Waals surface area contributed by atoms with Crippen molar-refractivity contribution < 1.29 is 4.92 Å². The first-order valence-corrected chi connectivity index (χ1v) is 8.62. The second-order valence-electron chi connectivity index (χ2n) is 6.80. The van der Waals surface area contributed by atoms with Crippen molar-refractivity contribution in [1.29, 1.82) is 0 Å². The predicted octanol–water partition coefficient (Wildman–Crippen LogP) is 2.16. The van der Waals surface area contributed by atoms with Gasteiger partial charge in [-0.2, -0.15) is 0 Å². The summed E-state index contributed by atoms with van der Waals surface area (Å²) in [6.07, 6.45) is 2.58. The highest BCUT2D eigenvalue weighted by Gasteiger charge is 2.28. The molecule has 0 spiro atoms. The van der Waals surface area contributed by atoms with Crippen molar-refractivity contribution in [2.45, 2.75) is 19.0 Å². The molecule has 8 heteroatoms. The molecule has 1 aromatic heterocycles. The third-order valence-corrected chi connectivity index (χ3v) is 4.84. The molecule has 2 aromatic rings. The molecule has 0 amide bonds. The average Bonchev–Trinajstić information content (AvgIpc) is 3.10. The Bertz CT molecular complexity index is 782. The lowest BCUT2D eigenvalue weighted by molar-refractivity contribution is -0.385. The van der Waals surface area contributed by atoms with Crippen LogP contribution >= 0.6 is 0 Å². The minimum absolute atomic E-state index is 0.190. The molecule has 0 aliphatic carbocycles. The summed E-state index contributed by atoms with van der Waals surface area (Å²) in [6.45, 7) is 2.35. The van der Waals surface area contributed by atoms with Gasteiger partial charge in [0.15, 0.2) is 0 Å². The van der Waals surface area contributed by atoms with E-state index in [-0.39, 0.29) is 10.6 Å². The maximum Gasteiger partial charge on any atom is 0.273 e. The average molecular weight is 356 g/mol. The summed E-state index contributed by atoms with van der Waals surface area (Å²) >= 11 is 0. The van der Waals surface area contributed by atoms with E-state index in [1.165, 1.54) is 0 Å². The number of nitrogens with zero attached hydrogens (tertiary/aromatic N) is 6. The smallest absolute Gasteiger partial charge is 0.273 e. The predicted molar refractivity (Wildman–Crippen MR) is 102 cm³/mol. The maximum atomic E-state index is 11.2. The van der Waals surface area contributed by atoms with Crippen molar-refractivity contribution in [2.75, 3.05) is 44.0 Å². The molecule has 1 atom stereocenters. The lowest BCUT2D eigenvalue weighted by Gasteiger charge is -2.26. The molecule has 0 bridgehead atoms. The molecule has 1 aromatic carbocycles. The molecule has 1 aliphatic heterocycles. The fraction of sp³-hybridized carbons (Fsp3) is 0.444. The van der Waals surface area contributed by atoms with E-state index in [9.17, 15) is 10.1 Å². The number of nitro benzene ring substituents is 1. The summed E-state index contributed by atoms with van der Waals surface area (Å²) in [5.74, 6) is 1.76. The topological polar surface area (TPSA) is 78.6 Å². The molecule has 138 valence electrons. The fourth-order valence-electron chi connectivity index (χ4n) is 3.30. The first kappa shape index (κ1) is 18.1. The number of likely N-dealkylation sites (tertiary alicyclic amines) is 1. The minimum atomic E-state index is -0.307. The number of nitro groups is 1. The van der Waals surface area contributed by atoms with Crippen LogP contribution < -0.4 is 9.80 Å². The van der Waals surface area contributed by atoms with E-state index in [4.69, 9.17) is 0 Å². The number of aromatic nitrogens is 2. The molecule has 1 saturated heterocycles. The zero-order chi connectivity index (χ0) is 18.7. The van der Waals surface area contributed by atoms with Crippen LogP contribution in [0.5, 0.6) is 0 Å². The maximum absolute atomic E-state index is 11.2. The van der Waals surface area contributed by atoms with Crippen molar-refractivity contribution in [3.05, 3.63) is 52.3 Å². The Morgan fingerprint density at radius 2 is 1.96 bits per heavy atom. The van der Waals surface area contributed by atoms with Crippen molar-refractivity contribution in [3.63, 3.8) is 0 Å².